The van der Waals surface area contributed by atoms with Crippen LogP contribution < -0.4 is 4.74 Å². The summed E-state index contributed by atoms with van der Waals surface area (Å²) in [7, 11) is 0. The summed E-state index contributed by atoms with van der Waals surface area (Å²) in [6.07, 6.45) is 2.20. The number of piperidine rings is 1. The Bertz CT molecular complexity index is 453. The van der Waals surface area contributed by atoms with Gasteiger partial charge >= 0.3 is 0 Å². The summed E-state index contributed by atoms with van der Waals surface area (Å²) in [6.45, 7) is 6.11. The van der Waals surface area contributed by atoms with E-state index in [1.807, 2.05) is 30.0 Å². The molecule has 0 bridgehead atoms. The molecule has 4 heteroatoms. The van der Waals surface area contributed by atoms with E-state index in [4.69, 9.17) is 4.74 Å². The third kappa shape index (κ3) is 3.96. The second-order valence-corrected chi connectivity index (χ2v) is 6.12. The molecule has 1 aromatic carbocycles. The molecule has 0 saturated carbocycles. The monoisotopic (exact) mass is 325 g/mol. The van der Waals surface area contributed by atoms with Crippen LogP contribution in [0.1, 0.15) is 25.3 Å². The maximum atomic E-state index is 12.0. The molecular formula is C15H20BrNO2. The van der Waals surface area contributed by atoms with Crippen LogP contribution in [0, 0.1) is 12.8 Å². The zero-order valence-electron chi connectivity index (χ0n) is 11.5. The SMILES string of the molecule is Cc1cc(OCC(=O)N2CCC(C)CC2)ccc1Br. The lowest BCUT2D eigenvalue weighted by atomic mass is 9.99. The number of aryl methyl sites for hydroxylation is 1. The van der Waals surface area contributed by atoms with Gasteiger partial charge in [-0.1, -0.05) is 22.9 Å². The van der Waals surface area contributed by atoms with Crippen molar-refractivity contribution >= 4 is 21.8 Å². The third-order valence-corrected chi connectivity index (χ3v) is 4.52. The van der Waals surface area contributed by atoms with Crippen LogP contribution in [0.25, 0.3) is 0 Å². The number of ether oxygens (including phenoxy) is 1. The Morgan fingerprint density at radius 3 is 2.74 bits per heavy atom. The van der Waals surface area contributed by atoms with Crippen molar-refractivity contribution in [1.82, 2.24) is 4.90 Å². The average Bonchev–Trinajstić information content (AvgIpc) is 2.40. The standard InChI is InChI=1S/C15H20BrNO2/c1-11-5-7-17(8-6-11)15(18)10-19-13-3-4-14(16)12(2)9-13/h3-4,9,11H,5-8,10H2,1-2H3. The van der Waals surface area contributed by atoms with Crippen LogP contribution in [-0.2, 0) is 4.79 Å². The van der Waals surface area contributed by atoms with E-state index < -0.39 is 0 Å². The summed E-state index contributed by atoms with van der Waals surface area (Å²) in [5, 5.41) is 0. The van der Waals surface area contributed by atoms with Gasteiger partial charge in [0, 0.05) is 17.6 Å². The van der Waals surface area contributed by atoms with Gasteiger partial charge in [-0.25, -0.2) is 0 Å². The lowest BCUT2D eigenvalue weighted by molar-refractivity contribution is -0.134. The van der Waals surface area contributed by atoms with Gasteiger partial charge in [-0.2, -0.15) is 0 Å². The maximum absolute atomic E-state index is 12.0. The predicted octanol–water partition coefficient (Wildman–Crippen LogP) is 3.39. The van der Waals surface area contributed by atoms with Crippen molar-refractivity contribution < 1.29 is 9.53 Å². The third-order valence-electron chi connectivity index (χ3n) is 3.63. The van der Waals surface area contributed by atoms with Crippen LogP contribution in [0.3, 0.4) is 0 Å². The Kier molecular flexibility index (Phi) is 4.86. The molecule has 0 aliphatic carbocycles. The Balaban J connectivity index is 1.84. The number of amides is 1. The highest BCUT2D eigenvalue weighted by Crippen LogP contribution is 2.22. The molecule has 0 atom stereocenters. The fraction of sp³-hybridized carbons (Fsp3) is 0.533. The van der Waals surface area contributed by atoms with Crippen LogP contribution in [0.4, 0.5) is 0 Å². The summed E-state index contributed by atoms with van der Waals surface area (Å²) in [5.74, 6) is 1.57. The fourth-order valence-electron chi connectivity index (χ4n) is 2.20. The molecule has 1 saturated heterocycles. The minimum Gasteiger partial charge on any atom is -0.484 e. The van der Waals surface area contributed by atoms with E-state index in [0.717, 1.165) is 47.6 Å². The highest BCUT2D eigenvalue weighted by atomic mass is 79.9. The fourth-order valence-corrected chi connectivity index (χ4v) is 2.45. The largest absolute Gasteiger partial charge is 0.484 e. The first-order valence-electron chi connectivity index (χ1n) is 6.73. The van der Waals surface area contributed by atoms with Crippen molar-refractivity contribution in [2.75, 3.05) is 19.7 Å². The number of nitrogens with zero attached hydrogens (tertiary/aromatic N) is 1. The second kappa shape index (κ2) is 6.42. The summed E-state index contributed by atoms with van der Waals surface area (Å²) in [4.78, 5) is 13.9. The molecule has 1 aliphatic rings. The van der Waals surface area contributed by atoms with Crippen molar-refractivity contribution in [1.29, 1.82) is 0 Å². The van der Waals surface area contributed by atoms with Crippen LogP contribution in [-0.4, -0.2) is 30.5 Å². The first-order valence-corrected chi connectivity index (χ1v) is 7.52. The van der Waals surface area contributed by atoms with Gasteiger partial charge in [0.1, 0.15) is 5.75 Å². The smallest absolute Gasteiger partial charge is 0.260 e. The van der Waals surface area contributed by atoms with Gasteiger partial charge in [-0.3, -0.25) is 4.79 Å². The Morgan fingerprint density at radius 2 is 2.11 bits per heavy atom. The van der Waals surface area contributed by atoms with E-state index in [2.05, 4.69) is 22.9 Å². The van der Waals surface area contributed by atoms with Gasteiger partial charge in [0.05, 0.1) is 0 Å². The van der Waals surface area contributed by atoms with Gasteiger partial charge in [0.25, 0.3) is 5.91 Å². The van der Waals surface area contributed by atoms with Gasteiger partial charge in [0.2, 0.25) is 0 Å². The lowest BCUT2D eigenvalue weighted by Gasteiger charge is -2.30. The van der Waals surface area contributed by atoms with Crippen LogP contribution >= 0.6 is 15.9 Å². The summed E-state index contributed by atoms with van der Waals surface area (Å²) in [6, 6.07) is 5.76. The quantitative estimate of drug-likeness (QED) is 0.852. The Morgan fingerprint density at radius 1 is 1.42 bits per heavy atom. The van der Waals surface area contributed by atoms with E-state index in [0.29, 0.717) is 0 Å². The number of rotatable bonds is 3. The number of hydrogen-bond donors (Lipinski definition) is 0. The lowest BCUT2D eigenvalue weighted by Crippen LogP contribution is -2.40. The van der Waals surface area contributed by atoms with E-state index >= 15 is 0 Å². The van der Waals surface area contributed by atoms with E-state index in [1.165, 1.54) is 0 Å². The zero-order valence-corrected chi connectivity index (χ0v) is 13.1. The van der Waals surface area contributed by atoms with E-state index in [-0.39, 0.29) is 12.5 Å². The molecule has 0 radical (unpaired) electrons. The zero-order chi connectivity index (χ0) is 13.8. The highest BCUT2D eigenvalue weighted by molar-refractivity contribution is 9.10. The molecule has 19 heavy (non-hydrogen) atoms. The van der Waals surface area contributed by atoms with E-state index in [9.17, 15) is 4.79 Å². The molecule has 0 spiro atoms. The normalized spacial score (nSPS) is 16.5. The summed E-state index contributed by atoms with van der Waals surface area (Å²) in [5.41, 5.74) is 1.11. The molecule has 1 aromatic rings. The molecular weight excluding hydrogens is 306 g/mol. The predicted molar refractivity (Wildman–Crippen MR) is 79.4 cm³/mol. The average molecular weight is 326 g/mol. The number of carbonyl (C=O) groups excluding carboxylic acids is 1. The van der Waals surface area contributed by atoms with Crippen molar-refractivity contribution in [3.8, 4) is 5.75 Å². The van der Waals surface area contributed by atoms with Crippen LogP contribution in [0.2, 0.25) is 0 Å². The first-order chi connectivity index (χ1) is 9.06. The molecule has 0 N–H and O–H groups in total. The van der Waals surface area contributed by atoms with Crippen molar-refractivity contribution in [3.05, 3.63) is 28.2 Å². The summed E-state index contributed by atoms with van der Waals surface area (Å²) >= 11 is 3.45. The van der Waals surface area contributed by atoms with Crippen LogP contribution in [0.5, 0.6) is 5.75 Å². The number of likely N-dealkylation sites (tertiary alicyclic amines) is 1. The Hall–Kier alpha value is -1.03. The van der Waals surface area contributed by atoms with Crippen molar-refractivity contribution in [3.63, 3.8) is 0 Å². The number of hydrogen-bond acceptors (Lipinski definition) is 2. The van der Waals surface area contributed by atoms with Crippen molar-refractivity contribution in [2.24, 2.45) is 5.92 Å². The minimum absolute atomic E-state index is 0.0903. The molecule has 1 fully saturated rings. The van der Waals surface area contributed by atoms with Gasteiger partial charge in [-0.05, 0) is 49.4 Å². The minimum atomic E-state index is 0.0903. The van der Waals surface area contributed by atoms with Gasteiger partial charge in [-0.15, -0.1) is 0 Å². The summed E-state index contributed by atoms with van der Waals surface area (Å²) < 4.78 is 6.62. The molecule has 1 aliphatic heterocycles. The molecule has 104 valence electrons. The second-order valence-electron chi connectivity index (χ2n) is 5.26. The van der Waals surface area contributed by atoms with Crippen molar-refractivity contribution in [2.45, 2.75) is 26.7 Å². The van der Waals surface area contributed by atoms with E-state index in [1.54, 1.807) is 0 Å². The molecule has 1 amide bonds. The van der Waals surface area contributed by atoms with Crippen LogP contribution in [0.15, 0.2) is 22.7 Å². The Labute approximate surface area is 123 Å². The molecule has 0 unspecified atom stereocenters. The maximum Gasteiger partial charge on any atom is 0.260 e. The number of halogens is 1. The highest BCUT2D eigenvalue weighted by Gasteiger charge is 2.20. The van der Waals surface area contributed by atoms with Gasteiger partial charge in [0.15, 0.2) is 6.61 Å². The molecule has 0 aromatic heterocycles. The number of benzene rings is 1. The molecule has 3 nitrogen and oxygen atoms in total. The number of carbonyl (C=O) groups is 1. The first kappa shape index (κ1) is 14.4. The molecule has 1 heterocycles. The van der Waals surface area contributed by atoms with Gasteiger partial charge < -0.3 is 9.64 Å². The molecule has 2 rings (SSSR count). The topological polar surface area (TPSA) is 29.5 Å².